The molecule has 0 aromatic heterocycles. The first-order chi connectivity index (χ1) is 4.26. The second-order valence-corrected chi connectivity index (χ2v) is 1.80. The summed E-state index contributed by atoms with van der Waals surface area (Å²) in [5, 5.41) is 3.34. The summed E-state index contributed by atoms with van der Waals surface area (Å²) in [6.07, 6.45) is 2.53. The van der Waals surface area contributed by atoms with E-state index < -0.39 is 0 Å². The van der Waals surface area contributed by atoms with Gasteiger partial charge in [0.1, 0.15) is 0 Å². The van der Waals surface area contributed by atoms with Crippen molar-refractivity contribution in [1.82, 2.24) is 0 Å². The monoisotopic (exact) mass is 124 g/mol. The quantitative estimate of drug-likeness (QED) is 0.443. The number of allylic oxidation sites excluding steroid dienone is 3. The molecule has 0 bridgehead atoms. The van der Waals surface area contributed by atoms with Crippen LogP contribution in [-0.2, 0) is 0 Å². The average Bonchev–Trinajstić information content (AvgIpc) is 1.90. The van der Waals surface area contributed by atoms with Crippen molar-refractivity contribution in [2.75, 3.05) is 0 Å². The average molecular weight is 124 g/mol. The summed E-state index contributed by atoms with van der Waals surface area (Å²) in [6, 6.07) is 0. The Hall–Kier alpha value is -0.920. The molecule has 0 radical (unpaired) electrons. The van der Waals surface area contributed by atoms with Crippen LogP contribution in [0, 0.1) is 5.53 Å². The third-order valence-electron chi connectivity index (χ3n) is 1.23. The first-order valence-corrected chi connectivity index (χ1v) is 2.95. The SMILES string of the molecule is C=C/C(C)=C(/CC)N=N. The minimum Gasteiger partial charge on any atom is -0.205 e. The molecule has 0 aromatic carbocycles. The molecule has 0 saturated heterocycles. The summed E-state index contributed by atoms with van der Waals surface area (Å²) in [5.74, 6) is 0. The largest absolute Gasteiger partial charge is 0.205 e. The predicted octanol–water partition coefficient (Wildman–Crippen LogP) is 2.89. The smallest absolute Gasteiger partial charge is 0.0649 e. The summed E-state index contributed by atoms with van der Waals surface area (Å²) in [6.45, 7) is 7.46. The molecule has 0 rings (SSSR count). The van der Waals surface area contributed by atoms with Gasteiger partial charge in [-0.1, -0.05) is 19.6 Å². The number of nitrogens with one attached hydrogen (secondary N) is 1. The van der Waals surface area contributed by atoms with E-state index in [1.54, 1.807) is 6.08 Å². The van der Waals surface area contributed by atoms with E-state index in [1.807, 2.05) is 13.8 Å². The van der Waals surface area contributed by atoms with Crippen LogP contribution in [0.5, 0.6) is 0 Å². The molecule has 0 unspecified atom stereocenters. The van der Waals surface area contributed by atoms with E-state index in [1.165, 1.54) is 0 Å². The summed E-state index contributed by atoms with van der Waals surface area (Å²) < 4.78 is 0. The van der Waals surface area contributed by atoms with Crippen molar-refractivity contribution in [1.29, 1.82) is 5.53 Å². The van der Waals surface area contributed by atoms with Gasteiger partial charge in [0.2, 0.25) is 0 Å². The number of hydrogen-bond acceptors (Lipinski definition) is 2. The molecule has 0 aliphatic rings. The minimum atomic E-state index is 0.807. The van der Waals surface area contributed by atoms with Crippen molar-refractivity contribution in [3.63, 3.8) is 0 Å². The Kier molecular flexibility index (Phi) is 3.60. The van der Waals surface area contributed by atoms with Gasteiger partial charge in [-0.15, -0.1) is 0 Å². The van der Waals surface area contributed by atoms with Crippen LogP contribution in [0.2, 0.25) is 0 Å². The molecule has 0 atom stereocenters. The van der Waals surface area contributed by atoms with Gasteiger partial charge in [0.25, 0.3) is 0 Å². The molecule has 9 heavy (non-hydrogen) atoms. The van der Waals surface area contributed by atoms with Crippen LogP contribution in [0.15, 0.2) is 29.0 Å². The fraction of sp³-hybridized carbons (Fsp3) is 0.429. The maximum Gasteiger partial charge on any atom is 0.0649 e. The molecule has 1 N–H and O–H groups in total. The molecular weight excluding hydrogens is 112 g/mol. The lowest BCUT2D eigenvalue weighted by molar-refractivity contribution is 0.944. The highest BCUT2D eigenvalue weighted by molar-refractivity contribution is 5.19. The molecule has 0 heterocycles. The van der Waals surface area contributed by atoms with E-state index in [9.17, 15) is 0 Å². The first-order valence-electron chi connectivity index (χ1n) is 2.95. The van der Waals surface area contributed by atoms with Gasteiger partial charge in [0.15, 0.2) is 0 Å². The van der Waals surface area contributed by atoms with Gasteiger partial charge in [0.05, 0.1) is 5.70 Å². The maximum atomic E-state index is 6.71. The molecule has 0 spiro atoms. The summed E-state index contributed by atoms with van der Waals surface area (Å²) in [5.41, 5.74) is 8.52. The van der Waals surface area contributed by atoms with Crippen molar-refractivity contribution in [2.24, 2.45) is 5.11 Å². The highest BCUT2D eigenvalue weighted by atomic mass is 15.0. The van der Waals surface area contributed by atoms with Gasteiger partial charge < -0.3 is 0 Å². The highest BCUT2D eigenvalue weighted by Crippen LogP contribution is 2.09. The minimum absolute atomic E-state index is 0.807. The molecule has 0 amide bonds. The molecule has 2 heteroatoms. The Morgan fingerprint density at radius 2 is 2.33 bits per heavy atom. The van der Waals surface area contributed by atoms with Gasteiger partial charge in [-0.05, 0) is 18.9 Å². The van der Waals surface area contributed by atoms with Crippen LogP contribution >= 0.6 is 0 Å². The zero-order valence-corrected chi connectivity index (χ0v) is 5.94. The summed E-state index contributed by atoms with van der Waals surface area (Å²) >= 11 is 0. The predicted molar refractivity (Wildman–Crippen MR) is 38.3 cm³/mol. The third kappa shape index (κ3) is 2.22. The molecule has 2 nitrogen and oxygen atoms in total. The number of nitrogens with zero attached hydrogens (tertiary/aromatic N) is 1. The van der Waals surface area contributed by atoms with Crippen LogP contribution in [0.25, 0.3) is 0 Å². The molecule has 0 aromatic rings. The van der Waals surface area contributed by atoms with Crippen LogP contribution in [-0.4, -0.2) is 0 Å². The lowest BCUT2D eigenvalue weighted by Crippen LogP contribution is -1.77. The van der Waals surface area contributed by atoms with Crippen LogP contribution in [0.3, 0.4) is 0 Å². The Balaban J connectivity index is 4.36. The zero-order chi connectivity index (χ0) is 7.28. The normalized spacial score (nSPS) is 12.2. The van der Waals surface area contributed by atoms with Crippen molar-refractivity contribution < 1.29 is 0 Å². The molecule has 0 aliphatic heterocycles. The van der Waals surface area contributed by atoms with Gasteiger partial charge >= 0.3 is 0 Å². The molecule has 0 saturated carbocycles. The number of rotatable bonds is 3. The van der Waals surface area contributed by atoms with Gasteiger partial charge in [-0.2, -0.15) is 5.11 Å². The van der Waals surface area contributed by atoms with Crippen molar-refractivity contribution in [3.05, 3.63) is 23.9 Å². The third-order valence-corrected chi connectivity index (χ3v) is 1.23. The fourth-order valence-electron chi connectivity index (χ4n) is 0.564. The summed E-state index contributed by atoms with van der Waals surface area (Å²) in [4.78, 5) is 0. The zero-order valence-electron chi connectivity index (χ0n) is 5.94. The van der Waals surface area contributed by atoms with Crippen LogP contribution in [0.4, 0.5) is 0 Å². The van der Waals surface area contributed by atoms with E-state index in [2.05, 4.69) is 11.7 Å². The lowest BCUT2D eigenvalue weighted by atomic mass is 10.2. The molecule has 50 valence electrons. The van der Waals surface area contributed by atoms with E-state index in [0.717, 1.165) is 17.7 Å². The second kappa shape index (κ2) is 4.01. The van der Waals surface area contributed by atoms with E-state index in [4.69, 9.17) is 5.53 Å². The standard InChI is InChI=1S/C7H12N2/c1-4-6(3)7(5-2)9-8/h4,8H,1,5H2,2-3H3/b7-6-,9-8?. The van der Waals surface area contributed by atoms with Crippen LogP contribution in [0.1, 0.15) is 20.3 Å². The first kappa shape index (κ1) is 8.08. The van der Waals surface area contributed by atoms with E-state index in [-0.39, 0.29) is 0 Å². The molecule has 0 aliphatic carbocycles. The van der Waals surface area contributed by atoms with E-state index >= 15 is 0 Å². The topological polar surface area (TPSA) is 36.2 Å². The molecule has 0 fully saturated rings. The Morgan fingerprint density at radius 1 is 1.78 bits per heavy atom. The highest BCUT2D eigenvalue weighted by Gasteiger charge is 1.91. The van der Waals surface area contributed by atoms with Gasteiger partial charge in [-0.25, -0.2) is 5.53 Å². The fourth-order valence-corrected chi connectivity index (χ4v) is 0.564. The van der Waals surface area contributed by atoms with Crippen molar-refractivity contribution in [3.8, 4) is 0 Å². The van der Waals surface area contributed by atoms with Crippen molar-refractivity contribution in [2.45, 2.75) is 20.3 Å². The van der Waals surface area contributed by atoms with Crippen molar-refractivity contribution >= 4 is 0 Å². The maximum absolute atomic E-state index is 6.71. The van der Waals surface area contributed by atoms with E-state index in [0.29, 0.717) is 0 Å². The molecular formula is C7H12N2. The van der Waals surface area contributed by atoms with Crippen LogP contribution < -0.4 is 0 Å². The Morgan fingerprint density at radius 3 is 2.44 bits per heavy atom. The van der Waals surface area contributed by atoms with Gasteiger partial charge in [0, 0.05) is 0 Å². The Labute approximate surface area is 55.8 Å². The lowest BCUT2D eigenvalue weighted by Gasteiger charge is -1.95. The second-order valence-electron chi connectivity index (χ2n) is 1.80. The van der Waals surface area contributed by atoms with Gasteiger partial charge in [-0.3, -0.25) is 0 Å². The summed E-state index contributed by atoms with van der Waals surface area (Å²) in [7, 11) is 0. The Bertz CT molecular complexity index is 145. The number of hydrogen-bond donors (Lipinski definition) is 1.